The van der Waals surface area contributed by atoms with Gasteiger partial charge in [-0.15, -0.1) is 0 Å². The number of nitrogens with zero attached hydrogens (tertiary/aromatic N) is 2. The van der Waals surface area contributed by atoms with E-state index in [4.69, 9.17) is 5.73 Å². The first-order valence-corrected chi connectivity index (χ1v) is 8.94. The molecule has 0 atom stereocenters. The largest absolute Gasteiger partial charge is 0.350 e. The van der Waals surface area contributed by atoms with Crippen molar-refractivity contribution in [1.29, 1.82) is 0 Å². The Kier molecular flexibility index (Phi) is 4.55. The zero-order valence-electron chi connectivity index (χ0n) is 15.1. The Morgan fingerprint density at radius 1 is 0.893 bits per heavy atom. The highest BCUT2D eigenvalue weighted by atomic mass is 16.5. The van der Waals surface area contributed by atoms with Crippen molar-refractivity contribution in [3.05, 3.63) is 83.9 Å². The van der Waals surface area contributed by atoms with Crippen LogP contribution in [0.3, 0.4) is 0 Å². The van der Waals surface area contributed by atoms with Crippen LogP contribution in [0, 0.1) is 0 Å². The van der Waals surface area contributed by atoms with Gasteiger partial charge in [0.1, 0.15) is 0 Å². The maximum Gasteiger partial charge on any atom is 0.338 e. The number of fused-ring (bicyclic) bond motifs is 3. The van der Waals surface area contributed by atoms with Crippen LogP contribution >= 0.6 is 0 Å². The normalized spacial score (nSPS) is 11.0. The second-order valence-electron chi connectivity index (χ2n) is 6.59. The van der Waals surface area contributed by atoms with Gasteiger partial charge in [-0.25, -0.2) is 9.86 Å². The van der Waals surface area contributed by atoms with Gasteiger partial charge in [-0.1, -0.05) is 42.5 Å². The molecule has 0 radical (unpaired) electrons. The summed E-state index contributed by atoms with van der Waals surface area (Å²) in [6, 6.07) is 21.8. The van der Waals surface area contributed by atoms with Crippen LogP contribution in [0.2, 0.25) is 0 Å². The number of carbonyl (C=O) groups excluding carboxylic acids is 2. The first kappa shape index (κ1) is 17.8. The smallest absolute Gasteiger partial charge is 0.338 e. The summed E-state index contributed by atoms with van der Waals surface area (Å²) in [7, 11) is 0. The van der Waals surface area contributed by atoms with E-state index >= 15 is 0 Å². The fourth-order valence-electron chi connectivity index (χ4n) is 3.45. The van der Waals surface area contributed by atoms with Crippen molar-refractivity contribution in [3.8, 4) is 0 Å². The summed E-state index contributed by atoms with van der Waals surface area (Å²) in [4.78, 5) is 24.2. The molecular weight excluding hydrogens is 354 g/mol. The number of aromatic nitrogens is 1. The summed E-state index contributed by atoms with van der Waals surface area (Å²) in [5.41, 5.74) is 8.26. The summed E-state index contributed by atoms with van der Waals surface area (Å²) in [6.45, 7) is 0.0996. The number of hydrogen-bond donors (Lipinski definition) is 2. The minimum absolute atomic E-state index is 0.0881. The molecule has 0 aliphatic heterocycles. The molecule has 0 spiro atoms. The molecule has 28 heavy (non-hydrogen) atoms. The summed E-state index contributed by atoms with van der Waals surface area (Å²) in [6.07, 6.45) is 0.446. The van der Waals surface area contributed by atoms with E-state index in [0.717, 1.165) is 27.4 Å². The van der Waals surface area contributed by atoms with Crippen LogP contribution < -0.4 is 5.73 Å². The number of carbonyl (C=O) groups is 2. The number of benzene rings is 3. The summed E-state index contributed by atoms with van der Waals surface area (Å²) < 4.78 is 1.73. The lowest BCUT2D eigenvalue weighted by Gasteiger charge is -2.11. The highest BCUT2D eigenvalue weighted by Crippen LogP contribution is 2.30. The summed E-state index contributed by atoms with van der Waals surface area (Å²) in [5.74, 6) is -0.0881. The Bertz CT molecular complexity index is 1180. The first-order valence-electron chi connectivity index (χ1n) is 8.94. The lowest BCUT2D eigenvalue weighted by atomic mass is 10.1. The Labute approximate surface area is 161 Å². The number of hydrogen-bond acceptors (Lipinski definition) is 3. The van der Waals surface area contributed by atoms with Crippen molar-refractivity contribution in [2.45, 2.75) is 6.42 Å². The van der Waals surface area contributed by atoms with Crippen LogP contribution in [0.5, 0.6) is 0 Å². The molecule has 4 aromatic rings. The molecule has 0 unspecified atom stereocenters. The van der Waals surface area contributed by atoms with E-state index in [1.54, 1.807) is 16.7 Å². The fourth-order valence-corrected chi connectivity index (χ4v) is 3.45. The van der Waals surface area contributed by atoms with Gasteiger partial charge in [0.05, 0.1) is 17.6 Å². The number of primary amides is 1. The van der Waals surface area contributed by atoms with Gasteiger partial charge in [-0.2, -0.15) is 0 Å². The Hall–Kier alpha value is -3.64. The van der Waals surface area contributed by atoms with Crippen molar-refractivity contribution >= 4 is 33.7 Å². The molecule has 6 heteroatoms. The second-order valence-corrected chi connectivity index (χ2v) is 6.59. The van der Waals surface area contributed by atoms with E-state index in [1.165, 1.54) is 0 Å². The molecule has 0 aliphatic carbocycles. The third-order valence-corrected chi connectivity index (χ3v) is 4.83. The number of urea groups is 1. The standard InChI is InChI=1S/C22H19N3O3/c23-22(27)24(28)13-12-15-10-11-20-18(14-15)17-8-4-5-9-19(17)25(20)21(26)16-6-2-1-3-7-16/h1-11,14,28H,12-13H2,(H2,23,27). The van der Waals surface area contributed by atoms with E-state index in [0.29, 0.717) is 17.0 Å². The lowest BCUT2D eigenvalue weighted by molar-refractivity contribution is -0.0382. The van der Waals surface area contributed by atoms with Crippen LogP contribution in [0.15, 0.2) is 72.8 Å². The highest BCUT2D eigenvalue weighted by molar-refractivity contribution is 6.16. The molecule has 0 saturated heterocycles. The lowest BCUT2D eigenvalue weighted by Crippen LogP contribution is -2.34. The van der Waals surface area contributed by atoms with E-state index in [9.17, 15) is 14.8 Å². The first-order chi connectivity index (χ1) is 13.6. The van der Waals surface area contributed by atoms with Crippen molar-refractivity contribution in [3.63, 3.8) is 0 Å². The van der Waals surface area contributed by atoms with Gasteiger partial charge in [0.15, 0.2) is 0 Å². The quantitative estimate of drug-likeness (QED) is 0.421. The Morgan fingerprint density at radius 3 is 2.32 bits per heavy atom. The third kappa shape index (κ3) is 3.10. The molecule has 0 aliphatic rings. The molecule has 140 valence electrons. The molecule has 0 fully saturated rings. The van der Waals surface area contributed by atoms with E-state index in [-0.39, 0.29) is 12.5 Å². The number of amides is 2. The maximum atomic E-state index is 13.2. The molecule has 6 nitrogen and oxygen atoms in total. The Morgan fingerprint density at radius 2 is 1.57 bits per heavy atom. The average Bonchev–Trinajstić information content (AvgIpc) is 3.05. The van der Waals surface area contributed by atoms with Crippen LogP contribution in [0.1, 0.15) is 15.9 Å². The van der Waals surface area contributed by atoms with Crippen LogP contribution in [0.25, 0.3) is 21.8 Å². The molecule has 0 saturated carbocycles. The zero-order chi connectivity index (χ0) is 19.7. The van der Waals surface area contributed by atoms with Gasteiger partial charge < -0.3 is 5.73 Å². The van der Waals surface area contributed by atoms with Crippen molar-refractivity contribution in [1.82, 2.24) is 9.63 Å². The number of hydroxylamine groups is 2. The summed E-state index contributed by atoms with van der Waals surface area (Å²) in [5, 5.41) is 11.9. The third-order valence-electron chi connectivity index (χ3n) is 4.83. The Balaban J connectivity index is 1.82. The zero-order valence-corrected chi connectivity index (χ0v) is 15.1. The molecule has 4 rings (SSSR count). The average molecular weight is 373 g/mol. The van der Waals surface area contributed by atoms with Gasteiger partial charge >= 0.3 is 6.03 Å². The highest BCUT2D eigenvalue weighted by Gasteiger charge is 2.17. The molecule has 0 bridgehead atoms. The van der Waals surface area contributed by atoms with Crippen molar-refractivity contribution < 1.29 is 14.8 Å². The van der Waals surface area contributed by atoms with Crippen LogP contribution in [-0.2, 0) is 6.42 Å². The van der Waals surface area contributed by atoms with Gasteiger partial charge in [-0.05, 0) is 42.3 Å². The predicted molar refractivity (Wildman–Crippen MR) is 107 cm³/mol. The monoisotopic (exact) mass is 373 g/mol. The van der Waals surface area contributed by atoms with E-state index < -0.39 is 6.03 Å². The SMILES string of the molecule is NC(=O)N(O)CCc1ccc2c(c1)c1ccccc1n2C(=O)c1ccccc1. The van der Waals surface area contributed by atoms with Crippen LogP contribution in [-0.4, -0.2) is 33.3 Å². The van der Waals surface area contributed by atoms with Crippen molar-refractivity contribution in [2.24, 2.45) is 5.73 Å². The van der Waals surface area contributed by atoms with Gasteiger partial charge in [0.2, 0.25) is 0 Å². The number of rotatable bonds is 4. The number of para-hydroxylation sites is 1. The topological polar surface area (TPSA) is 88.6 Å². The van der Waals surface area contributed by atoms with Gasteiger partial charge in [0.25, 0.3) is 5.91 Å². The maximum absolute atomic E-state index is 13.2. The number of nitrogens with two attached hydrogens (primary N) is 1. The molecule has 3 N–H and O–H groups in total. The summed E-state index contributed by atoms with van der Waals surface area (Å²) >= 11 is 0. The predicted octanol–water partition coefficient (Wildman–Crippen LogP) is 3.80. The molecule has 2 amide bonds. The van der Waals surface area contributed by atoms with Crippen molar-refractivity contribution in [2.75, 3.05) is 6.54 Å². The van der Waals surface area contributed by atoms with E-state index in [1.807, 2.05) is 60.7 Å². The van der Waals surface area contributed by atoms with E-state index in [2.05, 4.69) is 0 Å². The molecular formula is C22H19N3O3. The van der Waals surface area contributed by atoms with Gasteiger partial charge in [0, 0.05) is 16.3 Å². The van der Waals surface area contributed by atoms with Crippen LogP contribution in [0.4, 0.5) is 4.79 Å². The second kappa shape index (κ2) is 7.17. The minimum atomic E-state index is -0.883. The molecule has 1 aromatic heterocycles. The molecule has 3 aromatic carbocycles. The molecule has 1 heterocycles. The van der Waals surface area contributed by atoms with Gasteiger partial charge in [-0.3, -0.25) is 14.6 Å². The fraction of sp³-hybridized carbons (Fsp3) is 0.0909. The minimum Gasteiger partial charge on any atom is -0.350 e.